The number of nitrogens with one attached hydrogen (secondary N) is 1. The van der Waals surface area contributed by atoms with Gasteiger partial charge in [0.1, 0.15) is 16.6 Å². The lowest BCUT2D eigenvalue weighted by Gasteiger charge is -2.10. The van der Waals surface area contributed by atoms with Crippen molar-refractivity contribution >= 4 is 21.4 Å². The number of sulfonamides is 1. The molecule has 0 bridgehead atoms. The van der Waals surface area contributed by atoms with Crippen molar-refractivity contribution in [2.24, 2.45) is 5.73 Å². The van der Waals surface area contributed by atoms with E-state index in [1.807, 2.05) is 54.6 Å². The summed E-state index contributed by atoms with van der Waals surface area (Å²) in [6.45, 7) is 0.923. The normalized spacial score (nSPS) is 11.4. The minimum Gasteiger partial charge on any atom is -0.488 e. The van der Waals surface area contributed by atoms with Crippen molar-refractivity contribution in [2.75, 3.05) is 13.1 Å². The van der Waals surface area contributed by atoms with Crippen molar-refractivity contribution in [1.82, 2.24) is 4.72 Å². The summed E-state index contributed by atoms with van der Waals surface area (Å²) >= 11 is 1.21. The molecule has 3 rings (SSSR count). The van der Waals surface area contributed by atoms with Gasteiger partial charge in [0.15, 0.2) is 0 Å². The Morgan fingerprint density at radius 2 is 1.69 bits per heavy atom. The zero-order valence-electron chi connectivity index (χ0n) is 14.1. The summed E-state index contributed by atoms with van der Waals surface area (Å²) in [5.74, 6) is 0.720. The summed E-state index contributed by atoms with van der Waals surface area (Å²) in [5.41, 5.74) is 7.31. The Balaban J connectivity index is 1.82. The lowest BCUT2D eigenvalue weighted by molar-refractivity contribution is 0.307. The first-order chi connectivity index (χ1) is 12.6. The average molecular weight is 389 g/mol. The van der Waals surface area contributed by atoms with Crippen LogP contribution in [-0.4, -0.2) is 21.5 Å². The van der Waals surface area contributed by atoms with Crippen molar-refractivity contribution < 1.29 is 13.2 Å². The molecule has 0 amide bonds. The number of benzene rings is 2. The van der Waals surface area contributed by atoms with Crippen molar-refractivity contribution in [2.45, 2.75) is 10.8 Å². The highest BCUT2D eigenvalue weighted by molar-refractivity contribution is 7.91. The molecule has 5 nitrogen and oxygen atoms in total. The molecule has 0 radical (unpaired) electrons. The number of hydrogen-bond donors (Lipinski definition) is 2. The molecule has 3 N–H and O–H groups in total. The summed E-state index contributed by atoms with van der Waals surface area (Å²) in [7, 11) is -3.53. The van der Waals surface area contributed by atoms with E-state index in [1.165, 1.54) is 11.3 Å². The number of hydrogen-bond acceptors (Lipinski definition) is 5. The molecule has 1 aromatic heterocycles. The maximum atomic E-state index is 12.2. The second kappa shape index (κ2) is 8.46. The minimum atomic E-state index is -3.53. The van der Waals surface area contributed by atoms with Gasteiger partial charge in [0.25, 0.3) is 0 Å². The molecular weight excluding hydrogens is 368 g/mol. The predicted octanol–water partition coefficient (Wildman–Crippen LogP) is 3.23. The van der Waals surface area contributed by atoms with Gasteiger partial charge >= 0.3 is 0 Å². The smallest absolute Gasteiger partial charge is 0.250 e. The van der Waals surface area contributed by atoms with E-state index >= 15 is 0 Å². The van der Waals surface area contributed by atoms with Crippen LogP contribution >= 0.6 is 11.3 Å². The van der Waals surface area contributed by atoms with Crippen molar-refractivity contribution in [3.63, 3.8) is 0 Å². The molecule has 1 heterocycles. The van der Waals surface area contributed by atoms with E-state index < -0.39 is 10.0 Å². The van der Waals surface area contributed by atoms with E-state index in [0.717, 1.165) is 21.8 Å². The third-order valence-electron chi connectivity index (χ3n) is 3.67. The van der Waals surface area contributed by atoms with Crippen LogP contribution < -0.4 is 15.2 Å². The third-order valence-corrected chi connectivity index (χ3v) is 6.74. The van der Waals surface area contributed by atoms with E-state index in [2.05, 4.69) is 4.72 Å². The quantitative estimate of drug-likeness (QED) is 0.621. The molecule has 0 spiro atoms. The summed E-state index contributed by atoms with van der Waals surface area (Å²) < 4.78 is 33.2. The first-order valence-corrected chi connectivity index (χ1v) is 10.5. The van der Waals surface area contributed by atoms with Gasteiger partial charge in [0, 0.05) is 23.5 Å². The van der Waals surface area contributed by atoms with Crippen LogP contribution in [0.4, 0.5) is 0 Å². The van der Waals surface area contributed by atoms with Crippen LogP contribution in [0.5, 0.6) is 5.75 Å². The SMILES string of the molecule is NCCNS(=O)(=O)c1ccc(-c2ccccc2OCc2ccccc2)s1. The standard InChI is InChI=1S/C19H20N2O3S2/c20-12-13-21-26(22,23)19-11-10-18(25-19)16-8-4-5-9-17(16)24-14-15-6-2-1-3-7-15/h1-11,21H,12-14,20H2. The van der Waals surface area contributed by atoms with Crippen molar-refractivity contribution in [3.8, 4) is 16.2 Å². The average Bonchev–Trinajstić information content (AvgIpc) is 3.17. The van der Waals surface area contributed by atoms with Gasteiger partial charge in [-0.3, -0.25) is 0 Å². The molecule has 0 aliphatic rings. The molecular formula is C19H20N2O3S2. The summed E-state index contributed by atoms with van der Waals surface area (Å²) in [6, 6.07) is 20.9. The summed E-state index contributed by atoms with van der Waals surface area (Å²) in [6.07, 6.45) is 0. The Morgan fingerprint density at radius 1 is 0.962 bits per heavy atom. The van der Waals surface area contributed by atoms with Gasteiger partial charge in [0.05, 0.1) is 0 Å². The fourth-order valence-electron chi connectivity index (χ4n) is 2.41. The van der Waals surface area contributed by atoms with Gasteiger partial charge in [-0.25, -0.2) is 13.1 Å². The van der Waals surface area contributed by atoms with E-state index in [9.17, 15) is 8.42 Å². The first kappa shape index (κ1) is 18.6. The maximum absolute atomic E-state index is 12.2. The molecule has 136 valence electrons. The van der Waals surface area contributed by atoms with Gasteiger partial charge in [-0.05, 0) is 29.8 Å². The zero-order chi connectivity index (χ0) is 18.4. The second-order valence-corrected chi connectivity index (χ2v) is 8.65. The largest absolute Gasteiger partial charge is 0.488 e. The third kappa shape index (κ3) is 4.50. The lowest BCUT2D eigenvalue weighted by Crippen LogP contribution is -2.28. The van der Waals surface area contributed by atoms with Gasteiger partial charge in [-0.15, -0.1) is 11.3 Å². The molecule has 26 heavy (non-hydrogen) atoms. The Labute approximate surface area is 157 Å². The minimum absolute atomic E-state index is 0.215. The molecule has 0 atom stereocenters. The molecule has 2 aromatic carbocycles. The van der Waals surface area contributed by atoms with Gasteiger partial charge in [-0.1, -0.05) is 42.5 Å². The molecule has 7 heteroatoms. The van der Waals surface area contributed by atoms with E-state index in [1.54, 1.807) is 12.1 Å². The highest BCUT2D eigenvalue weighted by atomic mass is 32.2. The predicted molar refractivity (Wildman–Crippen MR) is 105 cm³/mol. The first-order valence-electron chi connectivity index (χ1n) is 8.16. The number of nitrogens with two attached hydrogens (primary N) is 1. The highest BCUT2D eigenvalue weighted by Gasteiger charge is 2.18. The molecule has 0 aliphatic carbocycles. The van der Waals surface area contributed by atoms with Crippen LogP contribution in [-0.2, 0) is 16.6 Å². The highest BCUT2D eigenvalue weighted by Crippen LogP contribution is 2.36. The molecule has 0 aliphatic heterocycles. The molecule has 0 unspecified atom stereocenters. The van der Waals surface area contributed by atoms with Crippen LogP contribution in [0.3, 0.4) is 0 Å². The monoisotopic (exact) mass is 388 g/mol. The Kier molecular flexibility index (Phi) is 6.05. The molecule has 0 saturated carbocycles. The fraction of sp³-hybridized carbons (Fsp3) is 0.158. The number of para-hydroxylation sites is 1. The van der Waals surface area contributed by atoms with Crippen LogP contribution in [0.2, 0.25) is 0 Å². The molecule has 3 aromatic rings. The zero-order valence-corrected chi connectivity index (χ0v) is 15.7. The van der Waals surface area contributed by atoms with Crippen LogP contribution in [0.15, 0.2) is 70.9 Å². The van der Waals surface area contributed by atoms with E-state index in [0.29, 0.717) is 6.61 Å². The van der Waals surface area contributed by atoms with Crippen LogP contribution in [0.1, 0.15) is 5.56 Å². The topological polar surface area (TPSA) is 81.4 Å². The van der Waals surface area contributed by atoms with Crippen molar-refractivity contribution in [3.05, 3.63) is 72.3 Å². The summed E-state index contributed by atoms with van der Waals surface area (Å²) in [5, 5.41) is 0. The van der Waals surface area contributed by atoms with Gasteiger partial charge < -0.3 is 10.5 Å². The van der Waals surface area contributed by atoms with E-state index in [4.69, 9.17) is 10.5 Å². The number of rotatable bonds is 8. The second-order valence-electron chi connectivity index (χ2n) is 5.58. The van der Waals surface area contributed by atoms with Gasteiger partial charge in [0.2, 0.25) is 10.0 Å². The van der Waals surface area contributed by atoms with Crippen LogP contribution in [0, 0.1) is 0 Å². The van der Waals surface area contributed by atoms with Gasteiger partial charge in [-0.2, -0.15) is 0 Å². The lowest BCUT2D eigenvalue weighted by atomic mass is 10.1. The number of ether oxygens (including phenoxy) is 1. The van der Waals surface area contributed by atoms with Crippen LogP contribution in [0.25, 0.3) is 10.4 Å². The Morgan fingerprint density at radius 3 is 2.46 bits per heavy atom. The number of thiophene rings is 1. The molecule has 0 saturated heterocycles. The van der Waals surface area contributed by atoms with Crippen molar-refractivity contribution in [1.29, 1.82) is 0 Å². The maximum Gasteiger partial charge on any atom is 0.250 e. The fourth-order valence-corrected chi connectivity index (χ4v) is 4.83. The Hall–Kier alpha value is -2.19. The molecule has 0 fully saturated rings. The Bertz CT molecular complexity index is 954. The summed E-state index contributed by atoms with van der Waals surface area (Å²) in [4.78, 5) is 0.835. The van der Waals surface area contributed by atoms with E-state index in [-0.39, 0.29) is 17.3 Å².